The standard InChI is InChI=1S/C59H41NO/c1-59(2)54-19-8-5-15-50(54)53-36-42(28-35-55(53)59)47-14-6-9-20-56(47)60(43-29-22-38(23-30-43)41-27-34-52-51-16-7-10-21-57(51)61-58(52)37-41)44-31-24-40(25-32-44)46-17-11-18-48-45-13-4-3-12-39(45)26-33-49(46)48/h3-37H,1-2H3. The van der Waals surface area contributed by atoms with Gasteiger partial charge in [0.2, 0.25) is 0 Å². The molecular formula is C59H41NO. The van der Waals surface area contributed by atoms with Crippen LogP contribution in [0, 0.1) is 0 Å². The Hall–Kier alpha value is -7.68. The van der Waals surface area contributed by atoms with Crippen molar-refractivity contribution in [1.29, 1.82) is 0 Å². The zero-order chi connectivity index (χ0) is 40.7. The van der Waals surface area contributed by atoms with Gasteiger partial charge in [0.25, 0.3) is 0 Å². The fraction of sp³-hybridized carbons (Fsp3) is 0.0508. The first kappa shape index (κ1) is 35.3. The highest BCUT2D eigenvalue weighted by atomic mass is 16.3. The van der Waals surface area contributed by atoms with Crippen molar-refractivity contribution in [2.75, 3.05) is 4.90 Å². The molecule has 11 aromatic rings. The van der Waals surface area contributed by atoms with E-state index < -0.39 is 0 Å². The third kappa shape index (κ3) is 5.64. The zero-order valence-corrected chi connectivity index (χ0v) is 34.1. The van der Waals surface area contributed by atoms with Gasteiger partial charge < -0.3 is 9.32 Å². The van der Waals surface area contributed by atoms with Crippen LogP contribution in [0.15, 0.2) is 217 Å². The first-order valence-corrected chi connectivity index (χ1v) is 21.2. The van der Waals surface area contributed by atoms with E-state index in [2.05, 4.69) is 219 Å². The van der Waals surface area contributed by atoms with Gasteiger partial charge in [-0.1, -0.05) is 172 Å². The lowest BCUT2D eigenvalue weighted by atomic mass is 9.82. The van der Waals surface area contributed by atoms with E-state index in [-0.39, 0.29) is 5.41 Å². The number of fused-ring (bicyclic) bond motifs is 9. The Kier molecular flexibility index (Phi) is 7.92. The van der Waals surface area contributed by atoms with E-state index in [1.54, 1.807) is 0 Å². The van der Waals surface area contributed by atoms with Crippen LogP contribution in [0.4, 0.5) is 17.1 Å². The first-order valence-electron chi connectivity index (χ1n) is 21.2. The summed E-state index contributed by atoms with van der Waals surface area (Å²) in [5.41, 5.74) is 17.5. The van der Waals surface area contributed by atoms with E-state index in [0.717, 1.165) is 50.1 Å². The Morgan fingerprint density at radius 2 is 0.934 bits per heavy atom. The maximum Gasteiger partial charge on any atom is 0.136 e. The van der Waals surface area contributed by atoms with Crippen LogP contribution in [0.2, 0.25) is 0 Å². The van der Waals surface area contributed by atoms with Crippen LogP contribution in [0.5, 0.6) is 0 Å². The summed E-state index contributed by atoms with van der Waals surface area (Å²) in [6.07, 6.45) is 0. The molecule has 0 atom stereocenters. The van der Waals surface area contributed by atoms with Crippen molar-refractivity contribution in [3.05, 3.63) is 223 Å². The lowest BCUT2D eigenvalue weighted by Gasteiger charge is -2.28. The summed E-state index contributed by atoms with van der Waals surface area (Å²) in [4.78, 5) is 2.41. The van der Waals surface area contributed by atoms with Crippen LogP contribution < -0.4 is 4.90 Å². The smallest absolute Gasteiger partial charge is 0.136 e. The van der Waals surface area contributed by atoms with Gasteiger partial charge in [-0.15, -0.1) is 0 Å². The molecule has 1 heterocycles. The summed E-state index contributed by atoms with van der Waals surface area (Å²) in [5.74, 6) is 0. The maximum absolute atomic E-state index is 6.28. The van der Waals surface area contributed by atoms with Crippen molar-refractivity contribution in [2.45, 2.75) is 19.3 Å². The molecule has 10 aromatic carbocycles. The normalized spacial score (nSPS) is 12.9. The largest absolute Gasteiger partial charge is 0.456 e. The number of rotatable bonds is 6. The monoisotopic (exact) mass is 779 g/mol. The molecule has 12 rings (SSSR count). The average Bonchev–Trinajstić information content (AvgIpc) is 3.80. The van der Waals surface area contributed by atoms with Gasteiger partial charge in [0, 0.05) is 33.1 Å². The fourth-order valence-electron chi connectivity index (χ4n) is 10.0. The minimum absolute atomic E-state index is 0.0500. The van der Waals surface area contributed by atoms with Crippen LogP contribution in [0.3, 0.4) is 0 Å². The quantitative estimate of drug-likeness (QED) is 0.156. The van der Waals surface area contributed by atoms with Crippen LogP contribution >= 0.6 is 0 Å². The number of para-hydroxylation sites is 2. The second-order valence-electron chi connectivity index (χ2n) is 16.9. The highest BCUT2D eigenvalue weighted by Gasteiger charge is 2.35. The van der Waals surface area contributed by atoms with Gasteiger partial charge in [0.05, 0.1) is 5.69 Å². The second kappa shape index (κ2) is 13.7. The Morgan fingerprint density at radius 1 is 0.344 bits per heavy atom. The van der Waals surface area contributed by atoms with Crippen molar-refractivity contribution in [2.24, 2.45) is 0 Å². The highest BCUT2D eigenvalue weighted by Crippen LogP contribution is 2.51. The molecule has 0 saturated heterocycles. The third-order valence-electron chi connectivity index (χ3n) is 13.1. The molecule has 1 aliphatic carbocycles. The maximum atomic E-state index is 6.28. The molecule has 2 heteroatoms. The lowest BCUT2D eigenvalue weighted by Crippen LogP contribution is -2.14. The van der Waals surface area contributed by atoms with Gasteiger partial charge in [-0.05, 0) is 126 Å². The third-order valence-corrected chi connectivity index (χ3v) is 13.1. The predicted octanol–water partition coefficient (Wildman–Crippen LogP) is 16.7. The van der Waals surface area contributed by atoms with Crippen LogP contribution in [-0.4, -0.2) is 0 Å². The molecule has 0 aliphatic heterocycles. The topological polar surface area (TPSA) is 16.4 Å². The minimum Gasteiger partial charge on any atom is -0.456 e. The molecule has 0 unspecified atom stereocenters. The van der Waals surface area contributed by atoms with Gasteiger partial charge in [0.1, 0.15) is 11.2 Å². The van der Waals surface area contributed by atoms with Crippen LogP contribution in [0.25, 0.3) is 88.0 Å². The van der Waals surface area contributed by atoms with E-state index in [0.29, 0.717) is 0 Å². The average molecular weight is 780 g/mol. The molecule has 61 heavy (non-hydrogen) atoms. The van der Waals surface area contributed by atoms with E-state index in [1.807, 2.05) is 12.1 Å². The lowest BCUT2D eigenvalue weighted by molar-refractivity contribution is 0.660. The number of hydrogen-bond donors (Lipinski definition) is 0. The molecule has 2 nitrogen and oxygen atoms in total. The molecule has 0 spiro atoms. The molecule has 288 valence electrons. The van der Waals surface area contributed by atoms with Crippen molar-refractivity contribution < 1.29 is 4.42 Å². The summed E-state index contributed by atoms with van der Waals surface area (Å²) in [6.45, 7) is 4.69. The molecule has 0 bridgehead atoms. The molecule has 0 amide bonds. The summed E-state index contributed by atoms with van der Waals surface area (Å²) < 4.78 is 6.28. The zero-order valence-electron chi connectivity index (χ0n) is 34.1. The Balaban J connectivity index is 0.984. The second-order valence-corrected chi connectivity index (χ2v) is 16.9. The van der Waals surface area contributed by atoms with Gasteiger partial charge >= 0.3 is 0 Å². The summed E-state index contributed by atoms with van der Waals surface area (Å²) >= 11 is 0. The van der Waals surface area contributed by atoms with E-state index in [1.165, 1.54) is 66.1 Å². The van der Waals surface area contributed by atoms with Crippen molar-refractivity contribution in [1.82, 2.24) is 0 Å². The van der Waals surface area contributed by atoms with E-state index >= 15 is 0 Å². The van der Waals surface area contributed by atoms with Crippen molar-refractivity contribution >= 4 is 60.5 Å². The summed E-state index contributed by atoms with van der Waals surface area (Å²) in [6, 6.07) is 77.5. The summed E-state index contributed by atoms with van der Waals surface area (Å²) in [7, 11) is 0. The van der Waals surface area contributed by atoms with Gasteiger partial charge in [-0.25, -0.2) is 0 Å². The highest BCUT2D eigenvalue weighted by molar-refractivity contribution is 6.12. The number of benzene rings is 10. The fourth-order valence-corrected chi connectivity index (χ4v) is 10.0. The first-order chi connectivity index (χ1) is 30.0. The SMILES string of the molecule is CC1(C)c2ccccc2-c2cc(-c3ccccc3N(c3ccc(-c4ccc5c(c4)oc4ccccc45)cc3)c3ccc(-c4cccc5c4ccc4ccccc45)cc3)ccc21. The summed E-state index contributed by atoms with van der Waals surface area (Å²) in [5, 5.41) is 7.35. The number of anilines is 3. The van der Waals surface area contributed by atoms with Gasteiger partial charge in [0.15, 0.2) is 0 Å². The molecular weight excluding hydrogens is 739 g/mol. The van der Waals surface area contributed by atoms with Gasteiger partial charge in [-0.2, -0.15) is 0 Å². The van der Waals surface area contributed by atoms with Crippen molar-refractivity contribution in [3.63, 3.8) is 0 Å². The number of furan rings is 1. The number of hydrogen-bond acceptors (Lipinski definition) is 2. The molecule has 0 N–H and O–H groups in total. The van der Waals surface area contributed by atoms with E-state index in [9.17, 15) is 0 Å². The Labute approximate surface area is 355 Å². The minimum atomic E-state index is -0.0500. The molecule has 0 saturated carbocycles. The Morgan fingerprint density at radius 3 is 1.77 bits per heavy atom. The van der Waals surface area contributed by atoms with Crippen LogP contribution in [-0.2, 0) is 5.41 Å². The Bertz CT molecular complexity index is 3500. The van der Waals surface area contributed by atoms with Crippen LogP contribution in [0.1, 0.15) is 25.0 Å². The molecule has 0 fully saturated rings. The van der Waals surface area contributed by atoms with E-state index in [4.69, 9.17) is 4.42 Å². The number of nitrogens with zero attached hydrogens (tertiary/aromatic N) is 1. The van der Waals surface area contributed by atoms with Crippen molar-refractivity contribution in [3.8, 4) is 44.5 Å². The predicted molar refractivity (Wildman–Crippen MR) is 257 cm³/mol. The van der Waals surface area contributed by atoms with Gasteiger partial charge in [-0.3, -0.25) is 0 Å². The molecule has 1 aliphatic rings. The molecule has 0 radical (unpaired) electrons. The molecule has 1 aromatic heterocycles.